The molecule has 1 fully saturated rings. The first-order valence-corrected chi connectivity index (χ1v) is 12.6. The summed E-state index contributed by atoms with van der Waals surface area (Å²) in [5.74, 6) is 0.135. The van der Waals surface area contributed by atoms with Gasteiger partial charge in [-0.25, -0.2) is 18.1 Å². The molecule has 1 aliphatic heterocycles. The third kappa shape index (κ3) is 6.25. The summed E-state index contributed by atoms with van der Waals surface area (Å²) in [6.45, 7) is -1.26. The number of phosphoric ester groups is 1. The zero-order chi connectivity index (χ0) is 24.7. The lowest BCUT2D eigenvalue weighted by atomic mass is 9.97. The summed E-state index contributed by atoms with van der Waals surface area (Å²) in [5.41, 5.74) is -4.40. The van der Waals surface area contributed by atoms with Crippen LogP contribution in [0, 0.1) is 22.9 Å². The van der Waals surface area contributed by atoms with Gasteiger partial charge < -0.3 is 29.4 Å². The molecule has 0 spiro atoms. The molecule has 6 N–H and O–H groups in total. The fourth-order valence-electron chi connectivity index (χ4n) is 2.42. The highest BCUT2D eigenvalue weighted by Crippen LogP contribution is 2.66. The molecule has 0 aromatic carbocycles. The lowest BCUT2D eigenvalue weighted by molar-refractivity contribution is -0.0530. The number of aromatic nitrogens is 2. The first-order valence-electron chi connectivity index (χ1n) is 7.70. The van der Waals surface area contributed by atoms with E-state index in [2.05, 4.69) is 13.1 Å². The Morgan fingerprint density at radius 2 is 1.88 bits per heavy atom. The summed E-state index contributed by atoms with van der Waals surface area (Å²) in [4.78, 5) is 48.5. The van der Waals surface area contributed by atoms with Gasteiger partial charge in [0.2, 0.25) is 11.5 Å². The van der Waals surface area contributed by atoms with Gasteiger partial charge in [-0.2, -0.15) is 13.0 Å². The summed E-state index contributed by atoms with van der Waals surface area (Å²) >= 11 is 4.76. The van der Waals surface area contributed by atoms with Crippen LogP contribution < -0.4 is 5.56 Å². The Balaban J connectivity index is 2.23. The standard InChI is InChI=1S/C11H13F2N2O13P3S/c1-2-11(13)7(16)6(26-9(11)15-3-5(12)8(17)14-10(15)32)4-25-30(21,22)28-31(23,24)27-29(18,19)20/h1,3,6-7,9,16H,4H2,(H,21,22)(H,23,24)(H,14,17,32)(H2,18,19,20)/t6-,7?,9-,11-/m1/s1. The number of aromatic amines is 1. The van der Waals surface area contributed by atoms with Crippen molar-refractivity contribution < 1.29 is 65.0 Å². The molecule has 1 aliphatic rings. The van der Waals surface area contributed by atoms with Crippen LogP contribution in [0.1, 0.15) is 6.23 Å². The van der Waals surface area contributed by atoms with Crippen molar-refractivity contribution >= 4 is 35.7 Å². The SMILES string of the molecule is C#C[C@@]1(F)C(O)[C@@H](COP(=O)(O)OP(=O)(O)OP(=O)(O)O)O[C@H]1n1cc(F)c(=O)[nH]c1=S. The van der Waals surface area contributed by atoms with E-state index in [0.717, 1.165) is 0 Å². The number of nitrogens with zero attached hydrogens (tertiary/aromatic N) is 1. The molecule has 1 saturated heterocycles. The van der Waals surface area contributed by atoms with Crippen LogP contribution in [0.5, 0.6) is 0 Å². The quantitative estimate of drug-likeness (QED) is 0.144. The predicted molar refractivity (Wildman–Crippen MR) is 98.3 cm³/mol. The monoisotopic (exact) mass is 544 g/mol. The van der Waals surface area contributed by atoms with E-state index in [9.17, 15) is 32.9 Å². The Labute approximate surface area is 181 Å². The molecule has 32 heavy (non-hydrogen) atoms. The molecular weight excluding hydrogens is 531 g/mol. The molecule has 0 saturated carbocycles. The lowest BCUT2D eigenvalue weighted by Crippen LogP contribution is -2.42. The number of ether oxygens (including phenoxy) is 1. The molecule has 15 nitrogen and oxygen atoms in total. The number of aliphatic hydroxyl groups excluding tert-OH is 1. The highest BCUT2D eigenvalue weighted by Gasteiger charge is 2.58. The minimum absolute atomic E-state index is 0.426. The van der Waals surface area contributed by atoms with Crippen LogP contribution in [0.15, 0.2) is 11.0 Å². The smallest absolute Gasteiger partial charge is 0.386 e. The number of terminal acetylenes is 1. The molecule has 1 aromatic rings. The van der Waals surface area contributed by atoms with Gasteiger partial charge in [-0.05, 0) is 12.2 Å². The maximum atomic E-state index is 15.2. The average Bonchev–Trinajstić information content (AvgIpc) is 2.85. The molecule has 180 valence electrons. The van der Waals surface area contributed by atoms with E-state index in [-0.39, 0.29) is 0 Å². The van der Waals surface area contributed by atoms with Crippen molar-refractivity contribution in [3.05, 3.63) is 27.1 Å². The number of alkyl halides is 1. The third-order valence-electron chi connectivity index (χ3n) is 3.66. The fraction of sp³-hybridized carbons (Fsp3) is 0.455. The molecule has 0 bridgehead atoms. The lowest BCUT2D eigenvalue weighted by Gasteiger charge is -2.24. The highest BCUT2D eigenvalue weighted by atomic mass is 32.1. The van der Waals surface area contributed by atoms with E-state index < -0.39 is 70.3 Å². The minimum atomic E-state index is -5.82. The first-order chi connectivity index (χ1) is 14.4. The van der Waals surface area contributed by atoms with E-state index >= 15 is 4.39 Å². The number of H-pyrrole nitrogens is 1. The van der Waals surface area contributed by atoms with E-state index in [0.29, 0.717) is 10.8 Å². The molecule has 2 rings (SSSR count). The molecule has 0 amide bonds. The Kier molecular flexibility index (Phi) is 7.83. The van der Waals surface area contributed by atoms with Gasteiger partial charge in [0.15, 0.2) is 11.0 Å². The number of hydrogen-bond donors (Lipinski definition) is 6. The Bertz CT molecular complexity index is 1190. The molecule has 21 heteroatoms. The van der Waals surface area contributed by atoms with Gasteiger partial charge in [-0.3, -0.25) is 18.9 Å². The topological polar surface area (TPSA) is 227 Å². The molecule has 1 aromatic heterocycles. The van der Waals surface area contributed by atoms with Crippen LogP contribution in [-0.4, -0.2) is 58.7 Å². The summed E-state index contributed by atoms with van der Waals surface area (Å²) in [7, 11) is -17.1. The van der Waals surface area contributed by atoms with Crippen LogP contribution in [-0.2, 0) is 31.6 Å². The van der Waals surface area contributed by atoms with Crippen LogP contribution in [0.4, 0.5) is 8.78 Å². The maximum Gasteiger partial charge on any atom is 0.490 e. The van der Waals surface area contributed by atoms with Crippen LogP contribution in [0.25, 0.3) is 0 Å². The average molecular weight is 544 g/mol. The molecule has 2 heterocycles. The highest BCUT2D eigenvalue weighted by molar-refractivity contribution is 7.71. The van der Waals surface area contributed by atoms with Gasteiger partial charge in [-0.15, -0.1) is 6.42 Å². The fourth-order valence-corrected chi connectivity index (χ4v) is 5.69. The summed E-state index contributed by atoms with van der Waals surface area (Å²) in [5, 5.41) is 10.2. The van der Waals surface area contributed by atoms with Crippen molar-refractivity contribution in [2.24, 2.45) is 0 Å². The molecule has 0 radical (unpaired) electrons. The summed E-state index contributed by atoms with van der Waals surface area (Å²) in [6, 6.07) is 0. The largest absolute Gasteiger partial charge is 0.490 e. The zero-order valence-corrected chi connectivity index (χ0v) is 18.5. The van der Waals surface area contributed by atoms with Gasteiger partial charge in [-0.1, -0.05) is 5.92 Å². The van der Waals surface area contributed by atoms with E-state index in [1.165, 1.54) is 0 Å². The number of phosphoric acid groups is 3. The zero-order valence-electron chi connectivity index (χ0n) is 15.0. The summed E-state index contributed by atoms with van der Waals surface area (Å²) in [6.07, 6.45) is -0.783. The number of aliphatic hydroxyl groups is 1. The second-order valence-corrected chi connectivity index (χ2v) is 10.7. The van der Waals surface area contributed by atoms with E-state index in [4.69, 9.17) is 38.1 Å². The van der Waals surface area contributed by atoms with Gasteiger partial charge in [0.05, 0.1) is 12.8 Å². The maximum absolute atomic E-state index is 15.2. The van der Waals surface area contributed by atoms with Crippen LogP contribution >= 0.6 is 35.7 Å². The summed E-state index contributed by atoms with van der Waals surface area (Å²) < 4.78 is 78.8. The van der Waals surface area contributed by atoms with Crippen molar-refractivity contribution in [1.82, 2.24) is 9.55 Å². The number of rotatable bonds is 8. The second-order valence-electron chi connectivity index (χ2n) is 5.91. The number of halogens is 2. The van der Waals surface area contributed by atoms with Crippen molar-refractivity contribution in [2.75, 3.05) is 6.61 Å². The van der Waals surface area contributed by atoms with Crippen LogP contribution in [0.2, 0.25) is 0 Å². The van der Waals surface area contributed by atoms with Gasteiger partial charge in [0.25, 0.3) is 5.56 Å². The molecule has 0 aliphatic carbocycles. The van der Waals surface area contributed by atoms with Crippen molar-refractivity contribution in [3.8, 4) is 12.3 Å². The Morgan fingerprint density at radius 3 is 2.41 bits per heavy atom. The number of hydrogen-bond acceptors (Lipinski definition) is 10. The van der Waals surface area contributed by atoms with Crippen LogP contribution in [0.3, 0.4) is 0 Å². The van der Waals surface area contributed by atoms with Crippen molar-refractivity contribution in [3.63, 3.8) is 0 Å². The molecule has 3 unspecified atom stereocenters. The molecular formula is C11H13F2N2O13P3S. The van der Waals surface area contributed by atoms with Crippen molar-refractivity contribution in [2.45, 2.75) is 24.1 Å². The Hall–Kier alpha value is -1.15. The number of nitrogens with one attached hydrogen (secondary N) is 1. The van der Waals surface area contributed by atoms with E-state index in [1.54, 1.807) is 5.92 Å². The predicted octanol–water partition coefficient (Wildman–Crippen LogP) is -0.0119. The molecule has 6 atom stereocenters. The van der Waals surface area contributed by atoms with Gasteiger partial charge in [0.1, 0.15) is 12.2 Å². The second kappa shape index (κ2) is 9.24. The normalized spacial score (nSPS) is 29.8. The van der Waals surface area contributed by atoms with E-state index in [1.807, 2.05) is 4.98 Å². The van der Waals surface area contributed by atoms with Gasteiger partial charge >= 0.3 is 23.5 Å². The first kappa shape index (κ1) is 27.1. The Morgan fingerprint density at radius 1 is 1.28 bits per heavy atom. The minimum Gasteiger partial charge on any atom is -0.386 e. The van der Waals surface area contributed by atoms with Crippen molar-refractivity contribution in [1.29, 1.82) is 0 Å². The van der Waals surface area contributed by atoms with Gasteiger partial charge in [0, 0.05) is 0 Å². The third-order valence-corrected chi connectivity index (χ3v) is 7.78.